The Morgan fingerprint density at radius 2 is 1.50 bits per heavy atom. The summed E-state index contributed by atoms with van der Waals surface area (Å²) in [4.78, 5) is 29.1. The molecule has 2 amide bonds. The first-order valence-corrected chi connectivity index (χ1v) is 10.1. The van der Waals surface area contributed by atoms with Crippen LogP contribution in [0.1, 0.15) is 55.3 Å². The molecule has 2 aliphatic rings. The fourth-order valence-corrected chi connectivity index (χ4v) is 3.88. The van der Waals surface area contributed by atoms with Gasteiger partial charge in [0.15, 0.2) is 0 Å². The van der Waals surface area contributed by atoms with Crippen molar-refractivity contribution in [2.24, 2.45) is 0 Å². The van der Waals surface area contributed by atoms with Crippen LogP contribution in [0.4, 0.5) is 0 Å². The highest BCUT2D eigenvalue weighted by molar-refractivity contribution is 5.94. The van der Waals surface area contributed by atoms with Gasteiger partial charge >= 0.3 is 0 Å². The van der Waals surface area contributed by atoms with E-state index in [-0.39, 0.29) is 17.9 Å². The van der Waals surface area contributed by atoms with E-state index < -0.39 is 0 Å². The Morgan fingerprint density at radius 1 is 0.885 bits per heavy atom. The molecule has 1 aromatic carbocycles. The Bertz CT molecular complexity index is 574. The van der Waals surface area contributed by atoms with Crippen LogP contribution in [0.25, 0.3) is 0 Å². The van der Waals surface area contributed by atoms with Crippen LogP contribution in [0.5, 0.6) is 0 Å². The fourth-order valence-electron chi connectivity index (χ4n) is 3.88. The van der Waals surface area contributed by atoms with E-state index in [1.807, 2.05) is 30.3 Å². The van der Waals surface area contributed by atoms with Crippen molar-refractivity contribution in [1.82, 2.24) is 15.1 Å². The number of nitrogens with zero attached hydrogens (tertiary/aromatic N) is 2. The minimum absolute atomic E-state index is 0.000702. The molecule has 5 nitrogen and oxygen atoms in total. The predicted octanol–water partition coefficient (Wildman–Crippen LogP) is 2.67. The lowest BCUT2D eigenvalue weighted by molar-refractivity contribution is -0.133. The summed E-state index contributed by atoms with van der Waals surface area (Å²) in [5.41, 5.74) is 0.710. The minimum Gasteiger partial charge on any atom is -0.349 e. The number of carbonyl (C=O) groups excluding carboxylic acids is 2. The van der Waals surface area contributed by atoms with Crippen LogP contribution < -0.4 is 5.32 Å². The third kappa shape index (κ3) is 5.56. The van der Waals surface area contributed by atoms with E-state index in [2.05, 4.69) is 15.1 Å². The van der Waals surface area contributed by atoms with Crippen molar-refractivity contribution in [1.29, 1.82) is 0 Å². The van der Waals surface area contributed by atoms with Gasteiger partial charge in [0.25, 0.3) is 5.91 Å². The van der Waals surface area contributed by atoms with Gasteiger partial charge in [0.2, 0.25) is 5.91 Å². The Morgan fingerprint density at radius 3 is 2.15 bits per heavy atom. The maximum Gasteiger partial charge on any atom is 0.251 e. The summed E-state index contributed by atoms with van der Waals surface area (Å²) in [6.07, 6.45) is 7.90. The highest BCUT2D eigenvalue weighted by atomic mass is 16.2. The number of benzene rings is 1. The molecule has 0 saturated carbocycles. The first-order chi connectivity index (χ1) is 12.7. The topological polar surface area (TPSA) is 52.7 Å². The number of nitrogens with one attached hydrogen (secondary N) is 1. The second kappa shape index (κ2) is 9.72. The zero-order valence-corrected chi connectivity index (χ0v) is 15.7. The van der Waals surface area contributed by atoms with Gasteiger partial charge in [-0.25, -0.2) is 0 Å². The molecule has 0 unspecified atom stereocenters. The predicted molar refractivity (Wildman–Crippen MR) is 103 cm³/mol. The van der Waals surface area contributed by atoms with E-state index >= 15 is 0 Å². The quantitative estimate of drug-likeness (QED) is 0.901. The van der Waals surface area contributed by atoms with Gasteiger partial charge in [0.05, 0.1) is 6.54 Å². The van der Waals surface area contributed by atoms with E-state index in [1.54, 1.807) is 0 Å². The first-order valence-electron chi connectivity index (χ1n) is 10.1. The molecule has 26 heavy (non-hydrogen) atoms. The standard InChI is InChI=1S/C21H31N3O2/c25-20(24-13-7-2-1-3-8-14-24)17-23-15-11-19(12-16-23)22-21(26)18-9-5-4-6-10-18/h4-6,9-10,19H,1-3,7-8,11-17H2,(H,22,26). The van der Waals surface area contributed by atoms with Crippen molar-refractivity contribution in [3.8, 4) is 0 Å². The summed E-state index contributed by atoms with van der Waals surface area (Å²) < 4.78 is 0. The normalized spacial score (nSPS) is 20.2. The Hall–Kier alpha value is -1.88. The van der Waals surface area contributed by atoms with E-state index in [4.69, 9.17) is 0 Å². The highest BCUT2D eigenvalue weighted by Crippen LogP contribution is 2.14. The van der Waals surface area contributed by atoms with E-state index in [0.29, 0.717) is 12.1 Å². The van der Waals surface area contributed by atoms with Crippen molar-refractivity contribution in [3.05, 3.63) is 35.9 Å². The molecule has 1 aromatic rings. The zero-order valence-electron chi connectivity index (χ0n) is 15.7. The van der Waals surface area contributed by atoms with Gasteiger partial charge in [-0.15, -0.1) is 0 Å². The molecule has 0 spiro atoms. The second-order valence-corrected chi connectivity index (χ2v) is 7.54. The van der Waals surface area contributed by atoms with Gasteiger partial charge < -0.3 is 10.2 Å². The summed E-state index contributed by atoms with van der Waals surface area (Å²) >= 11 is 0. The maximum absolute atomic E-state index is 12.6. The first kappa shape index (κ1) is 18.9. The van der Waals surface area contributed by atoms with Crippen LogP contribution >= 0.6 is 0 Å². The molecule has 0 atom stereocenters. The molecule has 2 heterocycles. The zero-order chi connectivity index (χ0) is 18.2. The van der Waals surface area contributed by atoms with Gasteiger partial charge in [-0.1, -0.05) is 37.5 Å². The molecule has 142 valence electrons. The molecule has 5 heteroatoms. The lowest BCUT2D eigenvalue weighted by atomic mass is 10.0. The SMILES string of the molecule is O=C(NC1CCN(CC(=O)N2CCCCCCC2)CC1)c1ccccc1. The average Bonchev–Trinajstić information content (AvgIpc) is 2.63. The molecule has 0 radical (unpaired) electrons. The van der Waals surface area contributed by atoms with Crippen molar-refractivity contribution >= 4 is 11.8 Å². The van der Waals surface area contributed by atoms with Crippen molar-refractivity contribution in [3.63, 3.8) is 0 Å². The molecule has 2 saturated heterocycles. The van der Waals surface area contributed by atoms with Crippen molar-refractivity contribution < 1.29 is 9.59 Å². The van der Waals surface area contributed by atoms with Gasteiger partial charge in [-0.3, -0.25) is 14.5 Å². The van der Waals surface area contributed by atoms with Crippen LogP contribution in [0.15, 0.2) is 30.3 Å². The van der Waals surface area contributed by atoms with E-state index in [1.165, 1.54) is 19.3 Å². The third-order valence-electron chi connectivity index (χ3n) is 5.53. The van der Waals surface area contributed by atoms with Crippen molar-refractivity contribution in [2.45, 2.75) is 51.0 Å². The molecule has 0 bridgehead atoms. The number of hydrogen-bond acceptors (Lipinski definition) is 3. The number of amides is 2. The largest absolute Gasteiger partial charge is 0.349 e. The Labute approximate surface area is 156 Å². The second-order valence-electron chi connectivity index (χ2n) is 7.54. The maximum atomic E-state index is 12.6. The van der Waals surface area contributed by atoms with Crippen LogP contribution in [0.3, 0.4) is 0 Å². The molecule has 2 aliphatic heterocycles. The minimum atomic E-state index is 0.000702. The Kier molecular flexibility index (Phi) is 7.06. The number of hydrogen-bond donors (Lipinski definition) is 1. The fraction of sp³-hybridized carbons (Fsp3) is 0.619. The summed E-state index contributed by atoms with van der Waals surface area (Å²) in [6, 6.07) is 9.56. The molecule has 0 aromatic heterocycles. The average molecular weight is 357 g/mol. The monoisotopic (exact) mass is 357 g/mol. The number of piperidine rings is 1. The van der Waals surface area contributed by atoms with Crippen LogP contribution in [0.2, 0.25) is 0 Å². The summed E-state index contributed by atoms with van der Waals surface area (Å²) in [7, 11) is 0. The molecular formula is C21H31N3O2. The summed E-state index contributed by atoms with van der Waals surface area (Å²) in [5.74, 6) is 0.277. The third-order valence-corrected chi connectivity index (χ3v) is 5.53. The van der Waals surface area contributed by atoms with Crippen LogP contribution in [0, 0.1) is 0 Å². The molecule has 1 N–H and O–H groups in total. The number of likely N-dealkylation sites (tertiary alicyclic amines) is 2. The lowest BCUT2D eigenvalue weighted by Crippen LogP contribution is -2.48. The van der Waals surface area contributed by atoms with Gasteiger partial charge in [0, 0.05) is 37.8 Å². The van der Waals surface area contributed by atoms with E-state index in [9.17, 15) is 9.59 Å². The van der Waals surface area contributed by atoms with Crippen LogP contribution in [-0.2, 0) is 4.79 Å². The Balaban J connectivity index is 1.40. The van der Waals surface area contributed by atoms with Crippen molar-refractivity contribution in [2.75, 3.05) is 32.7 Å². The molecule has 3 rings (SSSR count). The number of rotatable bonds is 4. The lowest BCUT2D eigenvalue weighted by Gasteiger charge is -2.34. The highest BCUT2D eigenvalue weighted by Gasteiger charge is 2.24. The van der Waals surface area contributed by atoms with Crippen LogP contribution in [-0.4, -0.2) is 60.4 Å². The molecule has 0 aliphatic carbocycles. The molecule has 2 fully saturated rings. The van der Waals surface area contributed by atoms with E-state index in [0.717, 1.165) is 51.9 Å². The van der Waals surface area contributed by atoms with Gasteiger partial charge in [0.1, 0.15) is 0 Å². The molecular weight excluding hydrogens is 326 g/mol. The summed E-state index contributed by atoms with van der Waals surface area (Å²) in [6.45, 7) is 4.11. The number of carbonyl (C=O) groups is 2. The smallest absolute Gasteiger partial charge is 0.251 e. The van der Waals surface area contributed by atoms with Gasteiger partial charge in [-0.2, -0.15) is 0 Å². The summed E-state index contributed by atoms with van der Waals surface area (Å²) in [5, 5.41) is 3.13. The van der Waals surface area contributed by atoms with Gasteiger partial charge in [-0.05, 0) is 37.8 Å².